The molecule has 4 N–H and O–H groups in total. The average Bonchev–Trinajstić information content (AvgIpc) is 2.75. The lowest BCUT2D eigenvalue weighted by molar-refractivity contribution is 0.868. The van der Waals surface area contributed by atoms with E-state index in [0.717, 1.165) is 15.6 Å². The predicted octanol–water partition coefficient (Wildman–Crippen LogP) is 3.97. The van der Waals surface area contributed by atoms with Gasteiger partial charge in [-0.3, -0.25) is 0 Å². The van der Waals surface area contributed by atoms with Crippen LogP contribution in [0, 0.1) is 0 Å². The molecule has 3 rings (SSSR count). The van der Waals surface area contributed by atoms with E-state index < -0.39 is 6.04 Å². The Labute approximate surface area is 138 Å². The zero-order valence-electron chi connectivity index (χ0n) is 10.6. The number of aromatic amines is 2. The first-order chi connectivity index (χ1) is 9.94. The maximum Gasteiger partial charge on any atom is 0.323 e. The first-order valence-corrected chi connectivity index (χ1v) is 7.62. The first-order valence-electron chi connectivity index (χ1n) is 6.07. The molecule has 1 unspecified atom stereocenters. The van der Waals surface area contributed by atoms with Gasteiger partial charge in [0.05, 0.1) is 17.1 Å². The number of imidazole rings is 1. The van der Waals surface area contributed by atoms with Crippen LogP contribution in [-0.4, -0.2) is 9.97 Å². The second kappa shape index (κ2) is 5.50. The van der Waals surface area contributed by atoms with Crippen molar-refractivity contribution in [1.82, 2.24) is 9.97 Å². The van der Waals surface area contributed by atoms with Crippen molar-refractivity contribution in [3.63, 3.8) is 0 Å². The highest BCUT2D eigenvalue weighted by Crippen LogP contribution is 2.32. The molecule has 2 aromatic carbocycles. The highest BCUT2D eigenvalue weighted by molar-refractivity contribution is 9.10. The van der Waals surface area contributed by atoms with E-state index in [2.05, 4.69) is 25.9 Å². The summed E-state index contributed by atoms with van der Waals surface area (Å²) < 4.78 is 0.800. The van der Waals surface area contributed by atoms with E-state index in [4.69, 9.17) is 28.9 Å². The molecular weight excluding hydrogens is 377 g/mol. The van der Waals surface area contributed by atoms with Crippen molar-refractivity contribution in [3.8, 4) is 0 Å². The fourth-order valence-corrected chi connectivity index (χ4v) is 3.38. The fraction of sp³-hybridized carbons (Fsp3) is 0.0714. The van der Waals surface area contributed by atoms with Gasteiger partial charge >= 0.3 is 5.69 Å². The molecule has 3 aromatic rings. The van der Waals surface area contributed by atoms with Crippen LogP contribution in [0.5, 0.6) is 0 Å². The molecule has 0 aliphatic rings. The molecule has 0 aliphatic carbocycles. The van der Waals surface area contributed by atoms with Gasteiger partial charge in [-0.05, 0) is 41.5 Å². The lowest BCUT2D eigenvalue weighted by Crippen LogP contribution is -2.12. The van der Waals surface area contributed by atoms with Gasteiger partial charge in [-0.1, -0.05) is 39.1 Å². The quantitative estimate of drug-likeness (QED) is 0.623. The minimum atomic E-state index is -0.418. The highest BCUT2D eigenvalue weighted by Gasteiger charge is 2.15. The molecule has 0 saturated heterocycles. The van der Waals surface area contributed by atoms with Crippen LogP contribution in [0.3, 0.4) is 0 Å². The molecule has 1 aromatic heterocycles. The number of halogens is 3. The van der Waals surface area contributed by atoms with Crippen LogP contribution in [0.4, 0.5) is 0 Å². The molecular formula is C14H10BrCl2N3O. The summed E-state index contributed by atoms with van der Waals surface area (Å²) in [5.74, 6) is 0. The molecule has 0 bridgehead atoms. The molecule has 0 fully saturated rings. The largest absolute Gasteiger partial charge is 0.323 e. The van der Waals surface area contributed by atoms with Crippen LogP contribution in [0.15, 0.2) is 39.6 Å². The lowest BCUT2D eigenvalue weighted by Gasteiger charge is -2.15. The lowest BCUT2D eigenvalue weighted by atomic mass is 9.99. The van der Waals surface area contributed by atoms with Gasteiger partial charge < -0.3 is 15.7 Å². The Balaban J connectivity index is 2.13. The molecule has 108 valence electrons. The number of aromatic nitrogens is 2. The number of rotatable bonds is 2. The summed E-state index contributed by atoms with van der Waals surface area (Å²) >= 11 is 15.5. The van der Waals surface area contributed by atoms with Crippen molar-refractivity contribution in [1.29, 1.82) is 0 Å². The van der Waals surface area contributed by atoms with Crippen molar-refractivity contribution in [2.75, 3.05) is 0 Å². The van der Waals surface area contributed by atoms with Gasteiger partial charge in [0.1, 0.15) is 0 Å². The van der Waals surface area contributed by atoms with Crippen molar-refractivity contribution >= 4 is 50.2 Å². The first kappa shape index (κ1) is 14.7. The summed E-state index contributed by atoms with van der Waals surface area (Å²) in [5, 5.41) is 1.06. The fourth-order valence-electron chi connectivity index (χ4n) is 2.25. The van der Waals surface area contributed by atoms with Crippen LogP contribution in [0.25, 0.3) is 11.0 Å². The summed E-state index contributed by atoms with van der Waals surface area (Å²) in [7, 11) is 0. The third kappa shape index (κ3) is 2.87. The number of H-pyrrole nitrogens is 2. The van der Waals surface area contributed by atoms with Gasteiger partial charge in [-0.15, -0.1) is 0 Å². The molecule has 0 spiro atoms. The van der Waals surface area contributed by atoms with Crippen LogP contribution in [0.1, 0.15) is 17.2 Å². The minimum Gasteiger partial charge on any atom is -0.320 e. The van der Waals surface area contributed by atoms with Gasteiger partial charge in [0.2, 0.25) is 0 Å². The van der Waals surface area contributed by atoms with Crippen LogP contribution in [-0.2, 0) is 0 Å². The molecule has 1 heterocycles. The van der Waals surface area contributed by atoms with Crippen LogP contribution < -0.4 is 11.4 Å². The third-order valence-electron chi connectivity index (χ3n) is 3.21. The Bertz CT molecular complexity index is 867. The van der Waals surface area contributed by atoms with E-state index in [-0.39, 0.29) is 5.69 Å². The van der Waals surface area contributed by atoms with E-state index in [1.807, 2.05) is 12.1 Å². The second-order valence-electron chi connectivity index (χ2n) is 4.68. The van der Waals surface area contributed by atoms with Gasteiger partial charge in [-0.2, -0.15) is 0 Å². The molecule has 7 heteroatoms. The van der Waals surface area contributed by atoms with Crippen LogP contribution in [0.2, 0.25) is 10.0 Å². The summed E-state index contributed by atoms with van der Waals surface area (Å²) in [5.41, 5.74) is 9.08. The van der Waals surface area contributed by atoms with E-state index in [1.165, 1.54) is 0 Å². The molecule has 4 nitrogen and oxygen atoms in total. The van der Waals surface area contributed by atoms with E-state index in [0.29, 0.717) is 21.1 Å². The van der Waals surface area contributed by atoms with E-state index >= 15 is 0 Å². The minimum absolute atomic E-state index is 0.256. The summed E-state index contributed by atoms with van der Waals surface area (Å²) in [6, 6.07) is 8.42. The summed E-state index contributed by atoms with van der Waals surface area (Å²) in [6.45, 7) is 0. The topological polar surface area (TPSA) is 74.7 Å². The molecule has 0 aliphatic heterocycles. The second-order valence-corrected chi connectivity index (χ2v) is 6.41. The summed E-state index contributed by atoms with van der Waals surface area (Å²) in [4.78, 5) is 16.8. The monoisotopic (exact) mass is 385 g/mol. The van der Waals surface area contributed by atoms with Gasteiger partial charge in [0, 0.05) is 14.5 Å². The SMILES string of the molecule is NC(c1cc(Cl)cc(Cl)c1)c1cc2[nH]c(=O)[nH]c2cc1Br. The Morgan fingerprint density at radius 1 is 1.00 bits per heavy atom. The van der Waals surface area contributed by atoms with Gasteiger partial charge in [0.25, 0.3) is 0 Å². The number of nitrogens with one attached hydrogen (secondary N) is 2. The smallest absolute Gasteiger partial charge is 0.320 e. The number of fused-ring (bicyclic) bond motifs is 1. The van der Waals surface area contributed by atoms with Crippen molar-refractivity contribution in [2.45, 2.75) is 6.04 Å². The highest BCUT2D eigenvalue weighted by atomic mass is 79.9. The predicted molar refractivity (Wildman–Crippen MR) is 89.1 cm³/mol. The Morgan fingerprint density at radius 3 is 2.19 bits per heavy atom. The molecule has 1 atom stereocenters. The normalized spacial score (nSPS) is 12.8. The number of hydrogen-bond donors (Lipinski definition) is 3. The van der Waals surface area contributed by atoms with E-state index in [1.54, 1.807) is 18.2 Å². The Hall–Kier alpha value is -1.27. The van der Waals surface area contributed by atoms with E-state index in [9.17, 15) is 4.79 Å². The molecule has 0 amide bonds. The third-order valence-corrected chi connectivity index (χ3v) is 4.34. The van der Waals surface area contributed by atoms with Crippen LogP contribution >= 0.6 is 39.1 Å². The van der Waals surface area contributed by atoms with Crippen molar-refractivity contribution in [2.24, 2.45) is 5.73 Å². The Morgan fingerprint density at radius 2 is 1.57 bits per heavy atom. The molecule has 0 radical (unpaired) electrons. The maximum absolute atomic E-state index is 11.3. The average molecular weight is 387 g/mol. The Kier molecular flexibility index (Phi) is 3.84. The zero-order chi connectivity index (χ0) is 15.1. The van der Waals surface area contributed by atoms with Gasteiger partial charge in [0.15, 0.2) is 0 Å². The maximum atomic E-state index is 11.3. The molecule has 21 heavy (non-hydrogen) atoms. The number of benzene rings is 2. The van der Waals surface area contributed by atoms with Crippen molar-refractivity contribution in [3.05, 3.63) is 66.5 Å². The zero-order valence-corrected chi connectivity index (χ0v) is 13.7. The standard InChI is InChI=1S/C14H10BrCl2N3O/c15-10-5-12-11(19-14(21)20-12)4-9(10)13(18)6-1-7(16)3-8(17)2-6/h1-5,13H,18H2,(H2,19,20,21). The number of hydrogen-bond acceptors (Lipinski definition) is 2. The summed E-state index contributed by atoms with van der Waals surface area (Å²) in [6.07, 6.45) is 0. The van der Waals surface area contributed by atoms with Gasteiger partial charge in [-0.25, -0.2) is 4.79 Å². The number of nitrogens with two attached hydrogens (primary N) is 1. The molecule has 0 saturated carbocycles. The van der Waals surface area contributed by atoms with Crippen molar-refractivity contribution < 1.29 is 0 Å².